The summed E-state index contributed by atoms with van der Waals surface area (Å²) in [5.41, 5.74) is 0. The molecule has 0 saturated carbocycles. The van der Waals surface area contributed by atoms with Crippen molar-refractivity contribution in [1.29, 1.82) is 0 Å². The lowest BCUT2D eigenvalue weighted by Gasteiger charge is -1.98. The minimum absolute atomic E-state index is 0.0922. The Morgan fingerprint density at radius 2 is 1.42 bits per heavy atom. The van der Waals surface area contributed by atoms with E-state index >= 15 is 0 Å². The molecule has 110 valence electrons. The van der Waals surface area contributed by atoms with Crippen LogP contribution in [-0.4, -0.2) is 13.1 Å². The van der Waals surface area contributed by atoms with Crippen molar-refractivity contribution >= 4 is 5.97 Å². The first-order valence-electron chi connectivity index (χ1n) is 7.68. The standard InChI is InChI=1S/C17H30O2/c1-3-4-5-6-7-8-9-10-11-12-13-14-15-16-17(18)19-2/h6-7,10-11H,3-5,8-9,12-16H2,1-2H3/b7-6-,11-10-. The molecule has 0 rings (SSSR count). The highest BCUT2D eigenvalue weighted by molar-refractivity contribution is 5.68. The van der Waals surface area contributed by atoms with Gasteiger partial charge in [-0.1, -0.05) is 50.5 Å². The number of carbonyl (C=O) groups is 1. The molecule has 0 bridgehead atoms. The van der Waals surface area contributed by atoms with Crippen LogP contribution in [0.2, 0.25) is 0 Å². The minimum Gasteiger partial charge on any atom is -0.469 e. The Balaban J connectivity index is 3.21. The van der Waals surface area contributed by atoms with E-state index in [1.54, 1.807) is 0 Å². The van der Waals surface area contributed by atoms with Gasteiger partial charge in [-0.15, -0.1) is 0 Å². The van der Waals surface area contributed by atoms with Crippen molar-refractivity contribution in [1.82, 2.24) is 0 Å². The van der Waals surface area contributed by atoms with Gasteiger partial charge in [0, 0.05) is 6.42 Å². The highest BCUT2D eigenvalue weighted by Gasteiger charge is 1.97. The second-order valence-electron chi connectivity index (χ2n) is 4.84. The van der Waals surface area contributed by atoms with Gasteiger partial charge in [0.05, 0.1) is 7.11 Å². The summed E-state index contributed by atoms with van der Waals surface area (Å²) >= 11 is 0. The van der Waals surface area contributed by atoms with E-state index in [4.69, 9.17) is 0 Å². The van der Waals surface area contributed by atoms with Crippen LogP contribution < -0.4 is 0 Å². The number of rotatable bonds is 12. The lowest BCUT2D eigenvalue weighted by molar-refractivity contribution is -0.140. The Bertz CT molecular complexity index is 254. The Morgan fingerprint density at radius 3 is 2.00 bits per heavy atom. The number of unbranched alkanes of at least 4 members (excludes halogenated alkanes) is 6. The van der Waals surface area contributed by atoms with E-state index in [9.17, 15) is 4.79 Å². The summed E-state index contributed by atoms with van der Waals surface area (Å²) in [5.74, 6) is -0.0922. The number of ether oxygens (including phenoxy) is 1. The average Bonchev–Trinajstić information content (AvgIpc) is 2.43. The Labute approximate surface area is 118 Å². The Hall–Kier alpha value is -1.05. The van der Waals surface area contributed by atoms with Gasteiger partial charge in [0.15, 0.2) is 0 Å². The molecule has 0 fully saturated rings. The summed E-state index contributed by atoms with van der Waals surface area (Å²) in [5, 5.41) is 0. The summed E-state index contributed by atoms with van der Waals surface area (Å²) in [6.45, 7) is 2.22. The number of allylic oxidation sites excluding steroid dienone is 4. The fraction of sp³-hybridized carbons (Fsp3) is 0.706. The van der Waals surface area contributed by atoms with Gasteiger partial charge in [-0.3, -0.25) is 4.79 Å². The minimum atomic E-state index is -0.0922. The third-order valence-corrected chi connectivity index (χ3v) is 3.04. The Morgan fingerprint density at radius 1 is 0.842 bits per heavy atom. The van der Waals surface area contributed by atoms with Gasteiger partial charge in [-0.05, 0) is 38.5 Å². The monoisotopic (exact) mass is 266 g/mol. The number of hydrogen-bond donors (Lipinski definition) is 0. The molecule has 0 aliphatic carbocycles. The first-order chi connectivity index (χ1) is 9.31. The van der Waals surface area contributed by atoms with Gasteiger partial charge in [0.1, 0.15) is 0 Å². The number of esters is 1. The summed E-state index contributed by atoms with van der Waals surface area (Å²) < 4.78 is 4.60. The molecule has 0 unspecified atom stereocenters. The van der Waals surface area contributed by atoms with E-state index in [1.807, 2.05) is 0 Å². The Kier molecular flexibility index (Phi) is 14.2. The van der Waals surface area contributed by atoms with Crippen LogP contribution in [-0.2, 0) is 9.53 Å². The molecule has 0 spiro atoms. The lowest BCUT2D eigenvalue weighted by atomic mass is 10.1. The average molecular weight is 266 g/mol. The fourth-order valence-corrected chi connectivity index (χ4v) is 1.80. The molecule has 0 atom stereocenters. The normalized spacial score (nSPS) is 11.5. The predicted molar refractivity (Wildman–Crippen MR) is 82.1 cm³/mol. The second-order valence-corrected chi connectivity index (χ2v) is 4.84. The number of carbonyl (C=O) groups excluding carboxylic acids is 1. The molecule has 2 nitrogen and oxygen atoms in total. The SMILES string of the molecule is CCCC/C=C\CC/C=C\CCCCCC(=O)OC. The van der Waals surface area contributed by atoms with Crippen LogP contribution in [0.1, 0.15) is 71.1 Å². The van der Waals surface area contributed by atoms with Crippen LogP contribution in [0, 0.1) is 0 Å². The van der Waals surface area contributed by atoms with Gasteiger partial charge in [0.25, 0.3) is 0 Å². The molecule has 0 heterocycles. The maximum atomic E-state index is 10.9. The van der Waals surface area contributed by atoms with E-state index in [0.717, 1.165) is 32.1 Å². The summed E-state index contributed by atoms with van der Waals surface area (Å²) in [7, 11) is 1.45. The molecule has 0 N–H and O–H groups in total. The largest absolute Gasteiger partial charge is 0.469 e. The van der Waals surface area contributed by atoms with Gasteiger partial charge in [0.2, 0.25) is 0 Å². The molecule has 0 aromatic heterocycles. The van der Waals surface area contributed by atoms with Gasteiger partial charge in [-0.2, -0.15) is 0 Å². The maximum Gasteiger partial charge on any atom is 0.305 e. The third kappa shape index (κ3) is 14.9. The van der Waals surface area contributed by atoms with Gasteiger partial charge >= 0.3 is 5.97 Å². The molecule has 0 aromatic rings. The van der Waals surface area contributed by atoms with Crippen molar-refractivity contribution in [3.05, 3.63) is 24.3 Å². The fourth-order valence-electron chi connectivity index (χ4n) is 1.80. The zero-order chi connectivity index (χ0) is 14.2. The second kappa shape index (κ2) is 15.0. The zero-order valence-corrected chi connectivity index (χ0v) is 12.7. The predicted octanol–water partition coefficient (Wildman–Crippen LogP) is 5.19. The topological polar surface area (TPSA) is 26.3 Å². The van der Waals surface area contributed by atoms with E-state index in [0.29, 0.717) is 6.42 Å². The molecule has 2 heteroatoms. The van der Waals surface area contributed by atoms with Crippen LogP contribution >= 0.6 is 0 Å². The van der Waals surface area contributed by atoms with Crippen molar-refractivity contribution in [2.24, 2.45) is 0 Å². The molecular formula is C17H30O2. The highest BCUT2D eigenvalue weighted by Crippen LogP contribution is 2.05. The molecule has 19 heavy (non-hydrogen) atoms. The first kappa shape index (κ1) is 17.9. The van der Waals surface area contributed by atoms with Crippen molar-refractivity contribution in [2.75, 3.05) is 7.11 Å². The van der Waals surface area contributed by atoms with Crippen molar-refractivity contribution in [2.45, 2.75) is 71.1 Å². The van der Waals surface area contributed by atoms with Crippen LogP contribution in [0.15, 0.2) is 24.3 Å². The van der Waals surface area contributed by atoms with Crippen LogP contribution in [0.5, 0.6) is 0 Å². The lowest BCUT2D eigenvalue weighted by Crippen LogP contribution is -1.98. The third-order valence-electron chi connectivity index (χ3n) is 3.04. The number of hydrogen-bond acceptors (Lipinski definition) is 2. The molecule has 0 aliphatic heterocycles. The van der Waals surface area contributed by atoms with E-state index < -0.39 is 0 Å². The zero-order valence-electron chi connectivity index (χ0n) is 12.7. The highest BCUT2D eigenvalue weighted by atomic mass is 16.5. The summed E-state index contributed by atoms with van der Waals surface area (Å²) in [6, 6.07) is 0. The first-order valence-corrected chi connectivity index (χ1v) is 7.68. The van der Waals surface area contributed by atoms with Crippen LogP contribution in [0.25, 0.3) is 0 Å². The summed E-state index contributed by atoms with van der Waals surface area (Å²) in [4.78, 5) is 10.9. The molecular weight excluding hydrogens is 236 g/mol. The molecule has 0 aliphatic rings. The summed E-state index contributed by atoms with van der Waals surface area (Å²) in [6.07, 6.45) is 20.1. The smallest absolute Gasteiger partial charge is 0.305 e. The van der Waals surface area contributed by atoms with Crippen LogP contribution in [0.4, 0.5) is 0 Å². The van der Waals surface area contributed by atoms with E-state index in [1.165, 1.54) is 32.8 Å². The van der Waals surface area contributed by atoms with E-state index in [2.05, 4.69) is 36.0 Å². The van der Waals surface area contributed by atoms with Crippen LogP contribution in [0.3, 0.4) is 0 Å². The molecule has 0 saturated heterocycles. The quantitative estimate of drug-likeness (QED) is 0.276. The van der Waals surface area contributed by atoms with Crippen molar-refractivity contribution < 1.29 is 9.53 Å². The number of methoxy groups -OCH3 is 1. The molecule has 0 radical (unpaired) electrons. The van der Waals surface area contributed by atoms with Crippen molar-refractivity contribution in [3.63, 3.8) is 0 Å². The van der Waals surface area contributed by atoms with Gasteiger partial charge < -0.3 is 4.74 Å². The molecule has 0 amide bonds. The van der Waals surface area contributed by atoms with Gasteiger partial charge in [-0.25, -0.2) is 0 Å². The van der Waals surface area contributed by atoms with E-state index in [-0.39, 0.29) is 5.97 Å². The maximum absolute atomic E-state index is 10.9. The molecule has 0 aromatic carbocycles. The van der Waals surface area contributed by atoms with Crippen molar-refractivity contribution in [3.8, 4) is 0 Å².